The van der Waals surface area contributed by atoms with Crippen LogP contribution in [0.4, 0.5) is 0 Å². The molecule has 4 nitrogen and oxygen atoms in total. The molecular formula is C13H24N2O2S2. The average Bonchev–Trinajstić information content (AvgIpc) is 2.66. The van der Waals surface area contributed by atoms with Crippen molar-refractivity contribution in [1.82, 2.24) is 5.32 Å². The lowest BCUT2D eigenvalue weighted by molar-refractivity contribution is 0.290. The van der Waals surface area contributed by atoms with Gasteiger partial charge in [-0.05, 0) is 24.2 Å². The van der Waals surface area contributed by atoms with Crippen LogP contribution >= 0.6 is 11.8 Å². The molecule has 0 aromatic rings. The Bertz CT molecular complexity index is 452. The lowest BCUT2D eigenvalue weighted by Gasteiger charge is -2.35. The van der Waals surface area contributed by atoms with Gasteiger partial charge in [0.2, 0.25) is 0 Å². The smallest absolute Gasteiger partial charge is 0.156 e. The molecule has 2 atom stereocenters. The van der Waals surface area contributed by atoms with Crippen LogP contribution < -0.4 is 5.32 Å². The second-order valence-corrected chi connectivity index (χ2v) is 9.93. The Morgan fingerprint density at radius 1 is 1.37 bits per heavy atom. The summed E-state index contributed by atoms with van der Waals surface area (Å²) in [6.45, 7) is 7.36. The molecule has 0 amide bonds. The van der Waals surface area contributed by atoms with Crippen molar-refractivity contribution in [3.8, 4) is 0 Å². The molecule has 2 fully saturated rings. The summed E-state index contributed by atoms with van der Waals surface area (Å²) in [5.41, 5.74) is 0.235. The van der Waals surface area contributed by atoms with E-state index in [-0.39, 0.29) is 11.3 Å². The van der Waals surface area contributed by atoms with Crippen molar-refractivity contribution < 1.29 is 8.42 Å². The molecule has 0 aliphatic carbocycles. The van der Waals surface area contributed by atoms with Crippen LogP contribution in [0.5, 0.6) is 0 Å². The van der Waals surface area contributed by atoms with Crippen molar-refractivity contribution >= 4 is 26.8 Å². The van der Waals surface area contributed by atoms with E-state index in [1.807, 2.05) is 0 Å². The normalized spacial score (nSPS) is 33.3. The number of nitrogens with one attached hydrogen (secondary N) is 1. The summed E-state index contributed by atoms with van der Waals surface area (Å²) in [5, 5.41) is 4.50. The molecule has 2 saturated heterocycles. The molecule has 6 heteroatoms. The summed E-state index contributed by atoms with van der Waals surface area (Å²) in [6.07, 6.45) is 1.93. The fraction of sp³-hybridized carbons (Fsp3) is 0.923. The van der Waals surface area contributed by atoms with E-state index < -0.39 is 9.84 Å². The van der Waals surface area contributed by atoms with Crippen LogP contribution in [0.1, 0.15) is 33.6 Å². The third-order valence-corrected chi connectivity index (χ3v) is 6.61. The molecule has 110 valence electrons. The zero-order valence-electron chi connectivity index (χ0n) is 12.0. The first kappa shape index (κ1) is 15.2. The van der Waals surface area contributed by atoms with Crippen LogP contribution in [0.2, 0.25) is 0 Å². The van der Waals surface area contributed by atoms with E-state index in [9.17, 15) is 8.42 Å². The molecule has 0 spiro atoms. The third kappa shape index (κ3) is 4.38. The standard InChI is InChI=1S/C13H24N2O2S2/c1-13(2,3)11-4-6-18-12(15-11)14-8-10-5-7-19(16,17)9-10/h10-11H,4-9H2,1-3H3,(H,14,15). The monoisotopic (exact) mass is 304 g/mol. The lowest BCUT2D eigenvalue weighted by Crippen LogP contribution is -2.46. The Balaban J connectivity index is 1.89. The number of amidine groups is 1. The molecule has 19 heavy (non-hydrogen) atoms. The molecule has 2 rings (SSSR count). The van der Waals surface area contributed by atoms with Gasteiger partial charge in [-0.3, -0.25) is 4.99 Å². The number of hydrogen-bond donors (Lipinski definition) is 1. The van der Waals surface area contributed by atoms with Gasteiger partial charge < -0.3 is 5.32 Å². The van der Waals surface area contributed by atoms with Gasteiger partial charge in [-0.1, -0.05) is 32.5 Å². The fourth-order valence-corrected chi connectivity index (χ4v) is 5.29. The highest BCUT2D eigenvalue weighted by Crippen LogP contribution is 2.27. The average molecular weight is 304 g/mol. The minimum atomic E-state index is -2.78. The van der Waals surface area contributed by atoms with Crippen LogP contribution in [0.3, 0.4) is 0 Å². The second-order valence-electron chi connectivity index (χ2n) is 6.61. The Morgan fingerprint density at radius 2 is 2.11 bits per heavy atom. The summed E-state index contributed by atoms with van der Waals surface area (Å²) in [7, 11) is -2.78. The van der Waals surface area contributed by atoms with E-state index in [1.165, 1.54) is 0 Å². The quantitative estimate of drug-likeness (QED) is 0.847. The van der Waals surface area contributed by atoms with Gasteiger partial charge in [-0.25, -0.2) is 8.42 Å². The minimum absolute atomic E-state index is 0.218. The highest BCUT2D eigenvalue weighted by molar-refractivity contribution is 8.13. The lowest BCUT2D eigenvalue weighted by atomic mass is 9.85. The SMILES string of the molecule is CC(C)(C)C1CCSC(=NCC2CCS(=O)(=O)C2)N1. The van der Waals surface area contributed by atoms with Gasteiger partial charge in [0.1, 0.15) is 0 Å². The van der Waals surface area contributed by atoms with Gasteiger partial charge in [-0.15, -0.1) is 0 Å². The summed E-state index contributed by atoms with van der Waals surface area (Å²) >= 11 is 1.76. The van der Waals surface area contributed by atoms with Crippen molar-refractivity contribution in [1.29, 1.82) is 0 Å². The van der Waals surface area contributed by atoms with E-state index in [1.54, 1.807) is 11.8 Å². The Morgan fingerprint density at radius 3 is 2.68 bits per heavy atom. The van der Waals surface area contributed by atoms with Crippen molar-refractivity contribution in [2.45, 2.75) is 39.7 Å². The summed E-state index contributed by atoms with van der Waals surface area (Å²) in [5.74, 6) is 1.97. The van der Waals surface area contributed by atoms with Crippen molar-refractivity contribution in [3.05, 3.63) is 0 Å². The molecular weight excluding hydrogens is 280 g/mol. The summed E-state index contributed by atoms with van der Waals surface area (Å²) in [4.78, 5) is 4.60. The van der Waals surface area contributed by atoms with E-state index in [0.29, 0.717) is 24.1 Å². The maximum atomic E-state index is 11.4. The third-order valence-electron chi connectivity index (χ3n) is 3.81. The minimum Gasteiger partial charge on any atom is -0.362 e. The van der Waals surface area contributed by atoms with Crippen molar-refractivity contribution in [3.63, 3.8) is 0 Å². The zero-order valence-corrected chi connectivity index (χ0v) is 13.6. The van der Waals surface area contributed by atoms with Gasteiger partial charge >= 0.3 is 0 Å². The van der Waals surface area contributed by atoms with Crippen LogP contribution in [0, 0.1) is 11.3 Å². The molecule has 0 bridgehead atoms. The Hall–Kier alpha value is -0.230. The predicted octanol–water partition coefficient (Wildman–Crippen LogP) is 1.92. The number of aliphatic imine (C=N–C) groups is 1. The number of thioether (sulfide) groups is 1. The maximum absolute atomic E-state index is 11.4. The first-order valence-corrected chi connectivity index (χ1v) is 9.71. The molecule has 0 aromatic heterocycles. The molecule has 2 aliphatic heterocycles. The Kier molecular flexibility index (Phi) is 4.50. The topological polar surface area (TPSA) is 58.5 Å². The summed E-state index contributed by atoms with van der Waals surface area (Å²) < 4.78 is 22.8. The van der Waals surface area contributed by atoms with E-state index >= 15 is 0 Å². The molecule has 1 N–H and O–H groups in total. The fourth-order valence-electron chi connectivity index (χ4n) is 2.51. The zero-order chi connectivity index (χ0) is 14.1. The van der Waals surface area contributed by atoms with Gasteiger partial charge in [-0.2, -0.15) is 0 Å². The molecule has 2 heterocycles. The van der Waals surface area contributed by atoms with E-state index in [4.69, 9.17) is 0 Å². The van der Waals surface area contributed by atoms with E-state index in [2.05, 4.69) is 31.1 Å². The number of hydrogen-bond acceptors (Lipinski definition) is 4. The maximum Gasteiger partial charge on any atom is 0.156 e. The van der Waals surface area contributed by atoms with E-state index in [0.717, 1.165) is 23.8 Å². The highest BCUT2D eigenvalue weighted by Gasteiger charge is 2.30. The molecule has 0 saturated carbocycles. The highest BCUT2D eigenvalue weighted by atomic mass is 32.2. The first-order chi connectivity index (χ1) is 8.76. The van der Waals surface area contributed by atoms with Gasteiger partial charge in [0.05, 0.1) is 11.5 Å². The molecule has 0 radical (unpaired) electrons. The number of sulfone groups is 1. The Labute approximate surface area is 120 Å². The van der Waals surface area contributed by atoms with Crippen LogP contribution in [-0.4, -0.2) is 43.4 Å². The second kappa shape index (κ2) is 5.64. The molecule has 2 unspecified atom stereocenters. The van der Waals surface area contributed by atoms with Crippen LogP contribution in [-0.2, 0) is 9.84 Å². The van der Waals surface area contributed by atoms with Crippen molar-refractivity contribution in [2.24, 2.45) is 16.3 Å². The summed E-state index contributed by atoms with van der Waals surface area (Å²) in [6, 6.07) is 0.458. The number of rotatable bonds is 2. The molecule has 2 aliphatic rings. The van der Waals surface area contributed by atoms with Crippen LogP contribution in [0.15, 0.2) is 4.99 Å². The van der Waals surface area contributed by atoms with Crippen LogP contribution in [0.25, 0.3) is 0 Å². The van der Waals surface area contributed by atoms with Gasteiger partial charge in [0.25, 0.3) is 0 Å². The predicted molar refractivity (Wildman–Crippen MR) is 82.5 cm³/mol. The first-order valence-electron chi connectivity index (χ1n) is 6.90. The molecule has 0 aromatic carbocycles. The largest absolute Gasteiger partial charge is 0.362 e. The van der Waals surface area contributed by atoms with Crippen molar-refractivity contribution in [2.75, 3.05) is 23.8 Å². The van der Waals surface area contributed by atoms with Gasteiger partial charge in [0.15, 0.2) is 15.0 Å². The number of nitrogens with zero attached hydrogens (tertiary/aromatic N) is 1. The van der Waals surface area contributed by atoms with Gasteiger partial charge in [0, 0.05) is 18.3 Å².